The first kappa shape index (κ1) is 32.7. The summed E-state index contributed by atoms with van der Waals surface area (Å²) in [5.41, 5.74) is 12.2. The van der Waals surface area contributed by atoms with E-state index in [9.17, 15) is 14.4 Å². The van der Waals surface area contributed by atoms with E-state index >= 15 is 0 Å². The number of thiophene rings is 1. The number of hydrogen-bond acceptors (Lipinski definition) is 5. The van der Waals surface area contributed by atoms with Crippen molar-refractivity contribution in [3.8, 4) is 0 Å². The number of primary amides is 1. The molecule has 0 saturated heterocycles. The highest BCUT2D eigenvalue weighted by atomic mass is 32.1. The highest BCUT2D eigenvalue weighted by Gasteiger charge is 2.34. The van der Waals surface area contributed by atoms with Crippen LogP contribution in [0.3, 0.4) is 0 Å². The zero-order valence-electron chi connectivity index (χ0n) is 24.6. The molecule has 0 aliphatic rings. The van der Waals surface area contributed by atoms with Crippen LogP contribution in [0.15, 0.2) is 72.1 Å². The summed E-state index contributed by atoms with van der Waals surface area (Å²) in [6.45, 7) is 8.01. The van der Waals surface area contributed by atoms with Crippen molar-refractivity contribution in [2.45, 2.75) is 71.0 Å². The number of carbonyl (C=O) groups is 3. The highest BCUT2D eigenvalue weighted by Crippen LogP contribution is 2.20. The number of carbonyl (C=O) groups excluding carboxylic acids is 3. The van der Waals surface area contributed by atoms with E-state index in [1.807, 2.05) is 73.8 Å². The van der Waals surface area contributed by atoms with Crippen molar-refractivity contribution in [1.29, 1.82) is 0 Å². The van der Waals surface area contributed by atoms with Gasteiger partial charge in [-0.05, 0) is 54.1 Å². The third-order valence-electron chi connectivity index (χ3n) is 6.37. The molecule has 3 aromatic rings. The standard InChI is InChI=1S/C29H36N4O3S.C3H8/c1-29(2,31)15-7-12-26(34)32(3)25(18-20-13-14-21-9-5-6-10-22(21)17-20)28(36)33(4)24(27(30)35)19-23-11-8-16-37-23;1-3-2/h5-14,16-17,24-25H,15,18-19,31H2,1-4H3,(H2,30,35);3H2,1-2H3/b12-7+;/t24-,25-;/m1./s1. The van der Waals surface area contributed by atoms with E-state index in [2.05, 4.69) is 13.8 Å². The predicted molar refractivity (Wildman–Crippen MR) is 166 cm³/mol. The summed E-state index contributed by atoms with van der Waals surface area (Å²) >= 11 is 1.50. The van der Waals surface area contributed by atoms with E-state index in [1.54, 1.807) is 20.2 Å². The number of fused-ring (bicyclic) bond motifs is 1. The molecule has 0 unspecified atom stereocenters. The van der Waals surface area contributed by atoms with E-state index in [0.29, 0.717) is 12.8 Å². The van der Waals surface area contributed by atoms with Crippen molar-refractivity contribution in [3.05, 3.63) is 82.6 Å². The lowest BCUT2D eigenvalue weighted by Gasteiger charge is -2.33. The molecule has 3 rings (SSSR count). The fourth-order valence-electron chi connectivity index (χ4n) is 4.15. The molecule has 2 atom stereocenters. The summed E-state index contributed by atoms with van der Waals surface area (Å²) in [5, 5.41) is 4.05. The Balaban J connectivity index is 0.00000178. The summed E-state index contributed by atoms with van der Waals surface area (Å²) in [6.07, 6.45) is 5.55. The quantitative estimate of drug-likeness (QED) is 0.322. The minimum Gasteiger partial charge on any atom is -0.368 e. The van der Waals surface area contributed by atoms with Crippen LogP contribution in [0.5, 0.6) is 0 Å². The molecular weight excluding hydrogens is 520 g/mol. The van der Waals surface area contributed by atoms with Gasteiger partial charge in [-0.1, -0.05) is 74.9 Å². The minimum absolute atomic E-state index is 0.289. The largest absolute Gasteiger partial charge is 0.368 e. The van der Waals surface area contributed by atoms with Gasteiger partial charge in [0.05, 0.1) is 0 Å². The SMILES string of the molecule is CCC.CN(C(=O)/C=C/CC(C)(C)N)[C@H](Cc1ccc2ccccc2c1)C(=O)N(C)[C@H](Cc1cccs1)C(N)=O. The number of nitrogens with zero attached hydrogens (tertiary/aromatic N) is 2. The van der Waals surface area contributed by atoms with Crippen LogP contribution in [0.25, 0.3) is 10.8 Å². The Morgan fingerprint density at radius 1 is 0.925 bits per heavy atom. The van der Waals surface area contributed by atoms with E-state index in [1.165, 1.54) is 33.6 Å². The minimum atomic E-state index is -0.834. The molecule has 0 bridgehead atoms. The maximum Gasteiger partial charge on any atom is 0.246 e. The number of nitrogens with two attached hydrogens (primary N) is 2. The lowest BCUT2D eigenvalue weighted by Crippen LogP contribution is -2.55. The molecule has 1 aromatic heterocycles. The zero-order valence-corrected chi connectivity index (χ0v) is 25.4. The Hall–Kier alpha value is -3.49. The molecule has 0 spiro atoms. The molecule has 2 aromatic carbocycles. The molecular formula is C32H44N4O3S. The molecule has 0 aliphatic heterocycles. The Kier molecular flexibility index (Phi) is 12.5. The summed E-state index contributed by atoms with van der Waals surface area (Å²) in [4.78, 5) is 43.1. The Bertz CT molecular complexity index is 1280. The topological polar surface area (TPSA) is 110 Å². The highest BCUT2D eigenvalue weighted by molar-refractivity contribution is 7.09. The molecule has 0 radical (unpaired) electrons. The van der Waals surface area contributed by atoms with Crippen LogP contribution in [-0.4, -0.2) is 59.2 Å². The van der Waals surface area contributed by atoms with Gasteiger partial charge in [0.25, 0.3) is 0 Å². The molecule has 4 N–H and O–H groups in total. The maximum absolute atomic E-state index is 13.8. The molecule has 0 aliphatic carbocycles. The number of hydrogen-bond donors (Lipinski definition) is 2. The predicted octanol–water partition coefficient (Wildman–Crippen LogP) is 4.93. The van der Waals surface area contributed by atoms with Crippen LogP contribution in [0.1, 0.15) is 51.0 Å². The summed E-state index contributed by atoms with van der Waals surface area (Å²) < 4.78 is 0. The average molecular weight is 565 g/mol. The van der Waals surface area contributed by atoms with Gasteiger partial charge < -0.3 is 21.3 Å². The summed E-state index contributed by atoms with van der Waals surface area (Å²) in [6, 6.07) is 16.1. The third kappa shape index (κ3) is 9.92. The second kappa shape index (κ2) is 15.3. The van der Waals surface area contributed by atoms with Crippen LogP contribution in [0, 0.1) is 0 Å². The second-order valence-corrected chi connectivity index (χ2v) is 11.8. The van der Waals surface area contributed by atoms with Crippen molar-refractivity contribution >= 4 is 39.8 Å². The molecule has 3 amide bonds. The summed E-state index contributed by atoms with van der Waals surface area (Å²) in [7, 11) is 3.18. The summed E-state index contributed by atoms with van der Waals surface area (Å²) in [5.74, 6) is -1.25. The van der Waals surface area contributed by atoms with E-state index in [4.69, 9.17) is 11.5 Å². The fourth-order valence-corrected chi connectivity index (χ4v) is 4.89. The van der Waals surface area contributed by atoms with Crippen LogP contribution < -0.4 is 11.5 Å². The van der Waals surface area contributed by atoms with Crippen molar-refractivity contribution in [3.63, 3.8) is 0 Å². The van der Waals surface area contributed by atoms with Crippen molar-refractivity contribution in [2.24, 2.45) is 11.5 Å². The lowest BCUT2D eigenvalue weighted by molar-refractivity contribution is -0.145. The van der Waals surface area contributed by atoms with Gasteiger partial charge in [0.15, 0.2) is 0 Å². The van der Waals surface area contributed by atoms with Crippen molar-refractivity contribution < 1.29 is 14.4 Å². The van der Waals surface area contributed by atoms with Crippen molar-refractivity contribution in [2.75, 3.05) is 14.1 Å². The molecule has 0 fully saturated rings. The van der Waals surface area contributed by atoms with Gasteiger partial charge in [-0.15, -0.1) is 11.3 Å². The van der Waals surface area contributed by atoms with Gasteiger partial charge in [-0.2, -0.15) is 0 Å². The number of amides is 3. The van der Waals surface area contributed by atoms with Crippen LogP contribution in [-0.2, 0) is 27.2 Å². The van der Waals surface area contributed by atoms with E-state index in [0.717, 1.165) is 21.2 Å². The van der Waals surface area contributed by atoms with Gasteiger partial charge >= 0.3 is 0 Å². The smallest absolute Gasteiger partial charge is 0.246 e. The van der Waals surface area contributed by atoms with Gasteiger partial charge in [0, 0.05) is 37.4 Å². The molecule has 40 heavy (non-hydrogen) atoms. The van der Waals surface area contributed by atoms with Gasteiger partial charge in [0.1, 0.15) is 12.1 Å². The van der Waals surface area contributed by atoms with Crippen LogP contribution in [0.2, 0.25) is 0 Å². The lowest BCUT2D eigenvalue weighted by atomic mass is 9.99. The molecule has 8 heteroatoms. The number of rotatable bonds is 11. The maximum atomic E-state index is 13.8. The van der Waals surface area contributed by atoms with Crippen molar-refractivity contribution in [1.82, 2.24) is 9.80 Å². The van der Waals surface area contributed by atoms with Crippen LogP contribution >= 0.6 is 11.3 Å². The monoisotopic (exact) mass is 564 g/mol. The normalized spacial score (nSPS) is 12.9. The molecule has 1 heterocycles. The third-order valence-corrected chi connectivity index (χ3v) is 7.26. The Morgan fingerprint density at radius 3 is 2.15 bits per heavy atom. The van der Waals surface area contributed by atoms with Gasteiger partial charge in [-0.3, -0.25) is 14.4 Å². The Labute approximate surface area is 242 Å². The second-order valence-electron chi connectivity index (χ2n) is 10.8. The van der Waals surface area contributed by atoms with Crippen LogP contribution in [0.4, 0.5) is 0 Å². The van der Waals surface area contributed by atoms with E-state index < -0.39 is 23.5 Å². The van der Waals surface area contributed by atoms with E-state index in [-0.39, 0.29) is 18.2 Å². The average Bonchev–Trinajstić information content (AvgIpc) is 3.42. The molecule has 216 valence electrons. The zero-order chi connectivity index (χ0) is 29.9. The first-order chi connectivity index (χ1) is 18.9. The number of benzene rings is 2. The first-order valence-electron chi connectivity index (χ1n) is 13.7. The Morgan fingerprint density at radius 2 is 1.57 bits per heavy atom. The fraction of sp³-hybridized carbons (Fsp3) is 0.406. The van der Waals surface area contributed by atoms with Gasteiger partial charge in [-0.25, -0.2) is 0 Å². The molecule has 0 saturated carbocycles. The molecule has 7 nitrogen and oxygen atoms in total. The number of likely N-dealkylation sites (N-methyl/N-ethyl adjacent to an activating group) is 2. The van der Waals surface area contributed by atoms with Gasteiger partial charge in [0.2, 0.25) is 17.7 Å². The first-order valence-corrected chi connectivity index (χ1v) is 14.5.